The Morgan fingerprint density at radius 3 is 2.05 bits per heavy atom. The maximum atomic E-state index is 13.9. The highest BCUT2D eigenvalue weighted by Crippen LogP contribution is 2.32. The minimum Gasteiger partial charge on any atom is -0.497 e. The molecule has 9 heteroatoms. The fourth-order valence-corrected chi connectivity index (χ4v) is 5.52. The van der Waals surface area contributed by atoms with Crippen LogP contribution in [0, 0.1) is 12.8 Å². The number of carbonyl (C=O) groups is 1. The van der Waals surface area contributed by atoms with Crippen LogP contribution in [0.1, 0.15) is 37.4 Å². The predicted molar refractivity (Wildman–Crippen MR) is 149 cm³/mol. The van der Waals surface area contributed by atoms with Gasteiger partial charge in [-0.1, -0.05) is 43.7 Å². The summed E-state index contributed by atoms with van der Waals surface area (Å²) in [5, 5.41) is 3.05. The van der Waals surface area contributed by atoms with Gasteiger partial charge in [0.15, 0.2) is 11.5 Å². The molecule has 0 unspecified atom stereocenters. The van der Waals surface area contributed by atoms with E-state index in [1.54, 1.807) is 19.2 Å². The molecule has 0 aliphatic rings. The lowest BCUT2D eigenvalue weighted by molar-refractivity contribution is -0.120. The van der Waals surface area contributed by atoms with Crippen molar-refractivity contribution in [3.8, 4) is 17.2 Å². The molecule has 0 radical (unpaired) electrons. The number of hydrogen-bond donors (Lipinski definition) is 1. The quantitative estimate of drug-likeness (QED) is 0.343. The number of benzene rings is 3. The maximum absolute atomic E-state index is 13.9. The third kappa shape index (κ3) is 6.98. The molecule has 3 aromatic carbocycles. The van der Waals surface area contributed by atoms with Crippen LogP contribution in [0.25, 0.3) is 0 Å². The van der Waals surface area contributed by atoms with Crippen LogP contribution >= 0.6 is 0 Å². The van der Waals surface area contributed by atoms with Crippen molar-refractivity contribution in [1.29, 1.82) is 0 Å². The molecule has 3 aromatic rings. The Morgan fingerprint density at radius 2 is 1.50 bits per heavy atom. The Morgan fingerprint density at radius 1 is 0.868 bits per heavy atom. The number of methoxy groups -OCH3 is 3. The topological polar surface area (TPSA) is 94.2 Å². The first-order valence-electron chi connectivity index (χ1n) is 12.3. The molecule has 0 saturated carbocycles. The summed E-state index contributed by atoms with van der Waals surface area (Å²) in [5.74, 6) is 1.28. The van der Waals surface area contributed by atoms with E-state index in [0.29, 0.717) is 23.8 Å². The monoisotopic (exact) mass is 540 g/mol. The summed E-state index contributed by atoms with van der Waals surface area (Å²) in [5.41, 5.74) is 2.26. The zero-order chi connectivity index (χ0) is 27.9. The Bertz CT molecular complexity index is 1320. The number of carbonyl (C=O) groups excluding carboxylic acids is 1. The van der Waals surface area contributed by atoms with E-state index in [4.69, 9.17) is 14.2 Å². The second-order valence-corrected chi connectivity index (χ2v) is 11.2. The van der Waals surface area contributed by atoms with Gasteiger partial charge in [-0.3, -0.25) is 9.10 Å². The normalized spacial score (nSPS) is 12.1. The van der Waals surface area contributed by atoms with Crippen molar-refractivity contribution in [3.63, 3.8) is 0 Å². The summed E-state index contributed by atoms with van der Waals surface area (Å²) < 4.78 is 44.7. The van der Waals surface area contributed by atoms with Crippen LogP contribution in [0.4, 0.5) is 5.69 Å². The first kappa shape index (κ1) is 28.8. The molecule has 0 heterocycles. The Labute approximate surface area is 225 Å². The van der Waals surface area contributed by atoms with Crippen molar-refractivity contribution >= 4 is 21.6 Å². The molecular formula is C29H36N2O6S. The van der Waals surface area contributed by atoms with Crippen molar-refractivity contribution in [2.24, 2.45) is 5.92 Å². The number of nitrogens with zero attached hydrogens (tertiary/aromatic N) is 1. The smallest absolute Gasteiger partial charge is 0.264 e. The zero-order valence-electron chi connectivity index (χ0n) is 22.7. The van der Waals surface area contributed by atoms with Crippen LogP contribution in [0.3, 0.4) is 0 Å². The first-order chi connectivity index (χ1) is 18.1. The molecule has 38 heavy (non-hydrogen) atoms. The molecule has 8 nitrogen and oxygen atoms in total. The van der Waals surface area contributed by atoms with Crippen molar-refractivity contribution in [2.75, 3.05) is 32.2 Å². The van der Waals surface area contributed by atoms with E-state index in [-0.39, 0.29) is 16.7 Å². The van der Waals surface area contributed by atoms with E-state index in [1.165, 1.54) is 32.4 Å². The molecule has 0 aliphatic heterocycles. The summed E-state index contributed by atoms with van der Waals surface area (Å²) in [7, 11) is 0.382. The lowest BCUT2D eigenvalue weighted by atomic mass is 9.97. The third-order valence-corrected chi connectivity index (χ3v) is 7.88. The highest BCUT2D eigenvalue weighted by molar-refractivity contribution is 7.92. The van der Waals surface area contributed by atoms with Gasteiger partial charge in [0.1, 0.15) is 12.3 Å². The van der Waals surface area contributed by atoms with Crippen molar-refractivity contribution in [2.45, 2.75) is 38.1 Å². The van der Waals surface area contributed by atoms with Crippen LogP contribution in [-0.2, 0) is 14.8 Å². The fourth-order valence-electron chi connectivity index (χ4n) is 4.09. The molecule has 3 rings (SSSR count). The molecule has 0 bridgehead atoms. The number of amides is 1. The summed E-state index contributed by atoms with van der Waals surface area (Å²) in [6.45, 7) is 5.66. The number of nitrogens with one attached hydrogen (secondary N) is 1. The molecule has 0 saturated heterocycles. The Balaban J connectivity index is 1.96. The number of ether oxygens (including phenoxy) is 3. The molecule has 204 valence electrons. The first-order valence-corrected chi connectivity index (χ1v) is 13.8. The minimum absolute atomic E-state index is 0.0163. The summed E-state index contributed by atoms with van der Waals surface area (Å²) in [4.78, 5) is 13.4. The SMILES string of the molecule is COc1ccc([C@@H](CC(C)C)NC(=O)CN(c2ccc(C)cc2)S(=O)(=O)c2ccc(OC)c(OC)c2)cc1. The van der Waals surface area contributed by atoms with Gasteiger partial charge in [0.05, 0.1) is 38.0 Å². The van der Waals surface area contributed by atoms with Crippen molar-refractivity contribution in [3.05, 3.63) is 77.9 Å². The minimum atomic E-state index is -4.13. The number of sulfonamides is 1. The van der Waals surface area contributed by atoms with Gasteiger partial charge < -0.3 is 19.5 Å². The summed E-state index contributed by atoms with van der Waals surface area (Å²) in [6.07, 6.45) is 0.686. The molecule has 1 N–H and O–H groups in total. The van der Waals surface area contributed by atoms with Crippen LogP contribution in [0.5, 0.6) is 17.2 Å². The molecule has 1 atom stereocenters. The van der Waals surface area contributed by atoms with E-state index < -0.39 is 22.5 Å². The highest BCUT2D eigenvalue weighted by Gasteiger charge is 2.29. The largest absolute Gasteiger partial charge is 0.497 e. The number of aryl methyl sites for hydroxylation is 1. The van der Waals surface area contributed by atoms with E-state index in [9.17, 15) is 13.2 Å². The van der Waals surface area contributed by atoms with Gasteiger partial charge in [-0.25, -0.2) is 8.42 Å². The van der Waals surface area contributed by atoms with Gasteiger partial charge in [0.25, 0.3) is 10.0 Å². The van der Waals surface area contributed by atoms with Crippen LogP contribution in [0.15, 0.2) is 71.6 Å². The maximum Gasteiger partial charge on any atom is 0.264 e. The Hall–Kier alpha value is -3.72. The van der Waals surface area contributed by atoms with Crippen LogP contribution in [-0.4, -0.2) is 42.2 Å². The molecule has 0 spiro atoms. The van der Waals surface area contributed by atoms with Gasteiger partial charge in [-0.15, -0.1) is 0 Å². The van der Waals surface area contributed by atoms with E-state index >= 15 is 0 Å². The number of rotatable bonds is 12. The average molecular weight is 541 g/mol. The van der Waals surface area contributed by atoms with Crippen molar-refractivity contribution in [1.82, 2.24) is 5.32 Å². The number of hydrogen-bond acceptors (Lipinski definition) is 6. The van der Waals surface area contributed by atoms with E-state index in [1.807, 2.05) is 43.3 Å². The molecule has 0 aromatic heterocycles. The lowest BCUT2D eigenvalue weighted by Gasteiger charge is -2.27. The predicted octanol–water partition coefficient (Wildman–Crippen LogP) is 5.12. The van der Waals surface area contributed by atoms with E-state index in [0.717, 1.165) is 21.2 Å². The summed E-state index contributed by atoms with van der Waals surface area (Å²) in [6, 6.07) is 18.6. The second-order valence-electron chi connectivity index (χ2n) is 9.39. The van der Waals surface area contributed by atoms with Gasteiger partial charge >= 0.3 is 0 Å². The zero-order valence-corrected chi connectivity index (χ0v) is 23.5. The van der Waals surface area contributed by atoms with Gasteiger partial charge in [0, 0.05) is 6.07 Å². The van der Waals surface area contributed by atoms with Crippen LogP contribution < -0.4 is 23.8 Å². The molecular weight excluding hydrogens is 504 g/mol. The lowest BCUT2D eigenvalue weighted by Crippen LogP contribution is -2.42. The van der Waals surface area contributed by atoms with Gasteiger partial charge in [0.2, 0.25) is 5.91 Å². The fraction of sp³-hybridized carbons (Fsp3) is 0.345. The summed E-state index contributed by atoms with van der Waals surface area (Å²) >= 11 is 0. The number of anilines is 1. The molecule has 0 fully saturated rings. The molecule has 1 amide bonds. The van der Waals surface area contributed by atoms with E-state index in [2.05, 4.69) is 19.2 Å². The highest BCUT2D eigenvalue weighted by atomic mass is 32.2. The van der Waals surface area contributed by atoms with Gasteiger partial charge in [-0.2, -0.15) is 0 Å². The Kier molecular flexibility index (Phi) is 9.63. The molecule has 0 aliphatic carbocycles. The average Bonchev–Trinajstić information content (AvgIpc) is 2.91. The van der Waals surface area contributed by atoms with Gasteiger partial charge in [-0.05, 0) is 61.2 Å². The van der Waals surface area contributed by atoms with Crippen LogP contribution in [0.2, 0.25) is 0 Å². The van der Waals surface area contributed by atoms with Crippen molar-refractivity contribution < 1.29 is 27.4 Å². The standard InChI is InChI=1S/C29H36N2O6S/c1-20(2)17-26(22-9-13-24(35-4)14-10-22)30-29(32)19-31(23-11-7-21(3)8-12-23)38(33,34)25-15-16-27(36-5)28(18-25)37-6/h7-16,18,20,26H,17,19H2,1-6H3,(H,30,32)/t26-/m1/s1. The second kappa shape index (κ2) is 12.7. The third-order valence-electron chi connectivity index (χ3n) is 6.11.